The lowest BCUT2D eigenvalue weighted by molar-refractivity contribution is 0.0989. The van der Waals surface area contributed by atoms with E-state index < -0.39 is 11.5 Å². The molecule has 1 amide bonds. The van der Waals surface area contributed by atoms with Crippen LogP contribution in [-0.2, 0) is 0 Å². The Morgan fingerprint density at radius 2 is 1.68 bits per heavy atom. The molecule has 1 aromatic heterocycles. The van der Waals surface area contributed by atoms with Crippen molar-refractivity contribution >= 4 is 22.5 Å². The van der Waals surface area contributed by atoms with Gasteiger partial charge < -0.3 is 15.0 Å². The van der Waals surface area contributed by atoms with Gasteiger partial charge in [0.2, 0.25) is 0 Å². The van der Waals surface area contributed by atoms with Crippen LogP contribution in [0.3, 0.4) is 0 Å². The standard InChI is InChI=1S/C17H14N2O3/c1-19(11-7-3-2-4-8-11)17(22)14-15(20)12-9-5-6-10-13(12)18-16(14)21/h2-10H,1H3,(H2,18,20,21). The fraction of sp³-hybridized carbons (Fsp3) is 0.0588. The molecule has 1 heterocycles. The van der Waals surface area contributed by atoms with Crippen LogP contribution in [0, 0.1) is 0 Å². The number of para-hydroxylation sites is 2. The maximum atomic E-state index is 12.6. The van der Waals surface area contributed by atoms with Crippen LogP contribution in [0.15, 0.2) is 59.4 Å². The number of nitrogens with zero attached hydrogens (tertiary/aromatic N) is 1. The van der Waals surface area contributed by atoms with Crippen molar-refractivity contribution in [1.82, 2.24) is 4.98 Å². The molecule has 0 aliphatic carbocycles. The van der Waals surface area contributed by atoms with Gasteiger partial charge in [0.25, 0.3) is 11.5 Å². The van der Waals surface area contributed by atoms with E-state index in [1.807, 2.05) is 6.07 Å². The van der Waals surface area contributed by atoms with Gasteiger partial charge in [-0.15, -0.1) is 0 Å². The average Bonchev–Trinajstić information content (AvgIpc) is 2.55. The predicted molar refractivity (Wildman–Crippen MR) is 85.4 cm³/mol. The number of aromatic hydroxyl groups is 1. The highest BCUT2D eigenvalue weighted by molar-refractivity contribution is 6.10. The molecule has 0 spiro atoms. The fourth-order valence-corrected chi connectivity index (χ4v) is 2.36. The first-order valence-electron chi connectivity index (χ1n) is 6.76. The van der Waals surface area contributed by atoms with E-state index in [2.05, 4.69) is 4.98 Å². The minimum atomic E-state index is -0.607. The third-order valence-electron chi connectivity index (χ3n) is 3.56. The van der Waals surface area contributed by atoms with E-state index in [1.165, 1.54) is 4.90 Å². The highest BCUT2D eigenvalue weighted by Crippen LogP contribution is 2.26. The van der Waals surface area contributed by atoms with E-state index in [4.69, 9.17) is 0 Å². The maximum Gasteiger partial charge on any atom is 0.267 e. The molecule has 5 nitrogen and oxygen atoms in total. The van der Waals surface area contributed by atoms with Crippen LogP contribution in [0.1, 0.15) is 10.4 Å². The second-order valence-electron chi connectivity index (χ2n) is 4.92. The summed E-state index contributed by atoms with van der Waals surface area (Å²) in [4.78, 5) is 28.7. The van der Waals surface area contributed by atoms with Gasteiger partial charge in [-0.25, -0.2) is 0 Å². The summed E-state index contributed by atoms with van der Waals surface area (Å²) < 4.78 is 0. The summed E-state index contributed by atoms with van der Waals surface area (Å²) in [5.74, 6) is -0.858. The van der Waals surface area contributed by atoms with E-state index in [0.29, 0.717) is 16.6 Å². The molecule has 0 saturated heterocycles. The molecule has 0 unspecified atom stereocenters. The molecule has 3 rings (SSSR count). The zero-order valence-electron chi connectivity index (χ0n) is 11.9. The topological polar surface area (TPSA) is 73.4 Å². The molecule has 0 saturated carbocycles. The van der Waals surface area contributed by atoms with E-state index in [-0.39, 0.29) is 11.3 Å². The quantitative estimate of drug-likeness (QED) is 0.762. The lowest BCUT2D eigenvalue weighted by Crippen LogP contribution is -2.31. The summed E-state index contributed by atoms with van der Waals surface area (Å²) in [6.07, 6.45) is 0. The number of H-pyrrole nitrogens is 1. The van der Waals surface area contributed by atoms with Crippen molar-refractivity contribution in [2.45, 2.75) is 0 Å². The van der Waals surface area contributed by atoms with Crippen LogP contribution in [0.5, 0.6) is 5.75 Å². The second kappa shape index (κ2) is 5.37. The fourth-order valence-electron chi connectivity index (χ4n) is 2.36. The zero-order chi connectivity index (χ0) is 15.7. The van der Waals surface area contributed by atoms with Gasteiger partial charge in [0, 0.05) is 18.1 Å². The van der Waals surface area contributed by atoms with Crippen molar-refractivity contribution in [3.63, 3.8) is 0 Å². The summed E-state index contributed by atoms with van der Waals surface area (Å²) in [6, 6.07) is 15.7. The Labute approximate surface area is 126 Å². The van der Waals surface area contributed by atoms with Crippen molar-refractivity contribution in [2.24, 2.45) is 0 Å². The third-order valence-corrected chi connectivity index (χ3v) is 3.56. The summed E-state index contributed by atoms with van der Waals surface area (Å²) in [5, 5.41) is 10.8. The molecule has 2 aromatic carbocycles. The van der Waals surface area contributed by atoms with Gasteiger partial charge in [0.15, 0.2) is 0 Å². The van der Waals surface area contributed by atoms with Crippen molar-refractivity contribution in [2.75, 3.05) is 11.9 Å². The monoisotopic (exact) mass is 294 g/mol. The molecular formula is C17H14N2O3. The molecule has 5 heteroatoms. The number of carbonyl (C=O) groups excluding carboxylic acids is 1. The minimum Gasteiger partial charge on any atom is -0.506 e. The normalized spacial score (nSPS) is 10.6. The van der Waals surface area contributed by atoms with Gasteiger partial charge in [-0.05, 0) is 24.3 Å². The Morgan fingerprint density at radius 1 is 1.05 bits per heavy atom. The summed E-state index contributed by atoms with van der Waals surface area (Å²) in [6.45, 7) is 0. The first-order chi connectivity index (χ1) is 10.6. The molecular weight excluding hydrogens is 280 g/mol. The number of pyridine rings is 1. The van der Waals surface area contributed by atoms with Crippen molar-refractivity contribution in [3.8, 4) is 5.75 Å². The van der Waals surface area contributed by atoms with Crippen LogP contribution >= 0.6 is 0 Å². The Morgan fingerprint density at radius 3 is 2.41 bits per heavy atom. The lowest BCUT2D eigenvalue weighted by atomic mass is 10.1. The number of aromatic amines is 1. The molecule has 110 valence electrons. The summed E-state index contributed by atoms with van der Waals surface area (Å²) in [5.41, 5.74) is 0.261. The van der Waals surface area contributed by atoms with Crippen LogP contribution in [-0.4, -0.2) is 23.0 Å². The first-order valence-corrected chi connectivity index (χ1v) is 6.76. The maximum absolute atomic E-state index is 12.6. The number of aromatic nitrogens is 1. The molecule has 0 aliphatic rings. The van der Waals surface area contributed by atoms with Gasteiger partial charge in [-0.2, -0.15) is 0 Å². The zero-order valence-corrected chi connectivity index (χ0v) is 11.9. The van der Waals surface area contributed by atoms with Gasteiger partial charge >= 0.3 is 0 Å². The SMILES string of the molecule is CN(C(=O)c1c(O)c2ccccc2[nH]c1=O)c1ccccc1. The van der Waals surface area contributed by atoms with Crippen LogP contribution in [0.25, 0.3) is 10.9 Å². The molecule has 2 N–H and O–H groups in total. The summed E-state index contributed by atoms with van der Waals surface area (Å²) in [7, 11) is 1.56. The molecule has 22 heavy (non-hydrogen) atoms. The third kappa shape index (κ3) is 2.22. The van der Waals surface area contributed by atoms with E-state index in [1.54, 1.807) is 55.6 Å². The second-order valence-corrected chi connectivity index (χ2v) is 4.92. The Bertz CT molecular complexity index is 901. The number of carbonyl (C=O) groups is 1. The molecule has 0 aliphatic heterocycles. The number of nitrogens with one attached hydrogen (secondary N) is 1. The number of benzene rings is 2. The molecule has 0 bridgehead atoms. The van der Waals surface area contributed by atoms with Gasteiger partial charge in [-0.1, -0.05) is 30.3 Å². The largest absolute Gasteiger partial charge is 0.506 e. The number of fused-ring (bicyclic) bond motifs is 1. The van der Waals surface area contributed by atoms with Gasteiger partial charge in [-0.3, -0.25) is 9.59 Å². The van der Waals surface area contributed by atoms with Gasteiger partial charge in [0.05, 0.1) is 5.52 Å². The number of hydrogen-bond acceptors (Lipinski definition) is 3. The minimum absolute atomic E-state index is 0.259. The number of hydrogen-bond donors (Lipinski definition) is 2. The smallest absolute Gasteiger partial charge is 0.267 e. The highest BCUT2D eigenvalue weighted by Gasteiger charge is 2.22. The first kappa shape index (κ1) is 13.9. The molecule has 3 aromatic rings. The van der Waals surface area contributed by atoms with Crippen molar-refractivity contribution in [3.05, 3.63) is 70.5 Å². The molecule has 0 atom stereocenters. The predicted octanol–water partition coefficient (Wildman–Crippen LogP) is 2.51. The highest BCUT2D eigenvalue weighted by atomic mass is 16.3. The number of amides is 1. The molecule has 0 radical (unpaired) electrons. The van der Waals surface area contributed by atoms with Crippen molar-refractivity contribution in [1.29, 1.82) is 0 Å². The van der Waals surface area contributed by atoms with Crippen LogP contribution in [0.4, 0.5) is 5.69 Å². The van der Waals surface area contributed by atoms with Crippen molar-refractivity contribution < 1.29 is 9.90 Å². The van der Waals surface area contributed by atoms with Crippen LogP contribution in [0.2, 0.25) is 0 Å². The summed E-state index contributed by atoms with van der Waals surface area (Å²) >= 11 is 0. The van der Waals surface area contributed by atoms with E-state index in [0.717, 1.165) is 0 Å². The Hall–Kier alpha value is -3.08. The lowest BCUT2D eigenvalue weighted by Gasteiger charge is -2.17. The van der Waals surface area contributed by atoms with Gasteiger partial charge in [0.1, 0.15) is 11.3 Å². The Balaban J connectivity index is 2.14. The molecule has 0 fully saturated rings. The van der Waals surface area contributed by atoms with E-state index >= 15 is 0 Å². The van der Waals surface area contributed by atoms with Crippen LogP contribution < -0.4 is 10.5 Å². The van der Waals surface area contributed by atoms with E-state index in [9.17, 15) is 14.7 Å². The number of anilines is 1. The Kier molecular flexibility index (Phi) is 3.39. The average molecular weight is 294 g/mol. The number of rotatable bonds is 2.